The topological polar surface area (TPSA) is 61.8 Å². The number of aryl methyl sites for hydroxylation is 1. The number of benzene rings is 2. The first kappa shape index (κ1) is 20.8. The third-order valence-electron chi connectivity index (χ3n) is 4.50. The van der Waals surface area contributed by atoms with Crippen LogP contribution in [0.3, 0.4) is 0 Å². The van der Waals surface area contributed by atoms with Crippen molar-refractivity contribution in [3.05, 3.63) is 63.8 Å². The van der Waals surface area contributed by atoms with Gasteiger partial charge < -0.3 is 14.2 Å². The maximum atomic E-state index is 14.4. The molecule has 29 heavy (non-hydrogen) atoms. The molecule has 0 bridgehead atoms. The molecule has 0 spiro atoms. The van der Waals surface area contributed by atoms with Gasteiger partial charge in [0.1, 0.15) is 23.1 Å². The Hall–Kier alpha value is -2.93. The van der Waals surface area contributed by atoms with Gasteiger partial charge in [0, 0.05) is 15.6 Å². The Balaban J connectivity index is 1.75. The molecule has 1 aromatic heterocycles. The van der Waals surface area contributed by atoms with Gasteiger partial charge in [0.2, 0.25) is 0 Å². The number of carbonyl (C=O) groups excluding carboxylic acids is 2. The number of halogens is 1. The molecule has 152 valence electrons. The summed E-state index contributed by atoms with van der Waals surface area (Å²) in [4.78, 5) is 24.7. The Bertz CT molecular complexity index is 1060. The zero-order valence-corrected chi connectivity index (χ0v) is 17.2. The fourth-order valence-electron chi connectivity index (χ4n) is 2.88. The lowest BCUT2D eigenvalue weighted by molar-refractivity contribution is -0.147. The van der Waals surface area contributed by atoms with E-state index in [0.717, 1.165) is 22.5 Å². The van der Waals surface area contributed by atoms with Crippen LogP contribution in [0.15, 0.2) is 36.4 Å². The van der Waals surface area contributed by atoms with Crippen LogP contribution in [0.4, 0.5) is 4.39 Å². The average molecular weight is 416 g/mol. The summed E-state index contributed by atoms with van der Waals surface area (Å²) in [7, 11) is 0. The SMILES string of the molecule is CCOC(=O)c1sc2cccc(F)c2c1COC(=O)COc1cccc(C)c1C. The van der Waals surface area contributed by atoms with Gasteiger partial charge in [0.15, 0.2) is 6.61 Å². The number of fused-ring (bicyclic) bond motifs is 1. The minimum Gasteiger partial charge on any atom is -0.482 e. The van der Waals surface area contributed by atoms with Crippen LogP contribution in [0.5, 0.6) is 5.75 Å². The van der Waals surface area contributed by atoms with Crippen LogP contribution < -0.4 is 4.74 Å². The lowest BCUT2D eigenvalue weighted by Gasteiger charge is -2.11. The highest BCUT2D eigenvalue weighted by molar-refractivity contribution is 7.21. The minimum absolute atomic E-state index is 0.193. The van der Waals surface area contributed by atoms with Gasteiger partial charge in [-0.15, -0.1) is 11.3 Å². The van der Waals surface area contributed by atoms with Gasteiger partial charge >= 0.3 is 11.9 Å². The van der Waals surface area contributed by atoms with Crippen molar-refractivity contribution in [1.29, 1.82) is 0 Å². The minimum atomic E-state index is -0.614. The van der Waals surface area contributed by atoms with Crippen LogP contribution in [0.2, 0.25) is 0 Å². The zero-order valence-electron chi connectivity index (χ0n) is 16.4. The van der Waals surface area contributed by atoms with Gasteiger partial charge in [0.05, 0.1) is 6.61 Å². The van der Waals surface area contributed by atoms with Crippen LogP contribution in [0.1, 0.15) is 33.3 Å². The molecular formula is C22H21FO5S. The van der Waals surface area contributed by atoms with Crippen molar-refractivity contribution in [2.75, 3.05) is 13.2 Å². The maximum absolute atomic E-state index is 14.4. The summed E-state index contributed by atoms with van der Waals surface area (Å²) in [6, 6.07) is 10.1. The standard InChI is InChI=1S/C22H21FO5S/c1-4-26-22(25)21-15(20-16(23)8-6-10-18(20)29-21)11-28-19(24)12-27-17-9-5-7-13(2)14(17)3/h5-10H,4,11-12H2,1-3H3. The Kier molecular flexibility index (Phi) is 6.49. The summed E-state index contributed by atoms with van der Waals surface area (Å²) in [5.41, 5.74) is 2.30. The second-order valence-electron chi connectivity index (χ2n) is 6.39. The van der Waals surface area contributed by atoms with E-state index in [1.54, 1.807) is 25.1 Å². The van der Waals surface area contributed by atoms with Gasteiger partial charge in [0.25, 0.3) is 0 Å². The Labute approximate surface area is 172 Å². The van der Waals surface area contributed by atoms with E-state index < -0.39 is 17.8 Å². The average Bonchev–Trinajstić information content (AvgIpc) is 3.08. The highest BCUT2D eigenvalue weighted by Gasteiger charge is 2.23. The third kappa shape index (κ3) is 4.56. The van der Waals surface area contributed by atoms with Gasteiger partial charge in [-0.05, 0) is 50.1 Å². The van der Waals surface area contributed by atoms with Crippen LogP contribution in [-0.4, -0.2) is 25.2 Å². The largest absolute Gasteiger partial charge is 0.482 e. The van der Waals surface area contributed by atoms with E-state index in [2.05, 4.69) is 0 Å². The molecule has 0 atom stereocenters. The second kappa shape index (κ2) is 9.05. The summed E-state index contributed by atoms with van der Waals surface area (Å²) >= 11 is 1.11. The monoisotopic (exact) mass is 416 g/mol. The first-order chi connectivity index (χ1) is 13.9. The number of ether oxygens (including phenoxy) is 3. The molecular weight excluding hydrogens is 395 g/mol. The third-order valence-corrected chi connectivity index (χ3v) is 5.68. The smallest absolute Gasteiger partial charge is 0.348 e. The Morgan fingerprint density at radius 1 is 1.07 bits per heavy atom. The van der Waals surface area contributed by atoms with E-state index in [4.69, 9.17) is 14.2 Å². The lowest BCUT2D eigenvalue weighted by Crippen LogP contribution is -2.16. The first-order valence-electron chi connectivity index (χ1n) is 9.14. The normalized spacial score (nSPS) is 10.8. The van der Waals surface area contributed by atoms with Gasteiger partial charge in [-0.3, -0.25) is 0 Å². The Morgan fingerprint density at radius 3 is 2.59 bits per heavy atom. The molecule has 0 N–H and O–H groups in total. The van der Waals surface area contributed by atoms with E-state index in [0.29, 0.717) is 16.0 Å². The Morgan fingerprint density at radius 2 is 1.83 bits per heavy atom. The van der Waals surface area contributed by atoms with E-state index >= 15 is 0 Å². The summed E-state index contributed by atoms with van der Waals surface area (Å²) in [5, 5.41) is 0.267. The molecule has 2 aromatic carbocycles. The predicted molar refractivity (Wildman–Crippen MR) is 109 cm³/mol. The molecule has 3 aromatic rings. The van der Waals surface area contributed by atoms with Crippen LogP contribution in [0, 0.1) is 19.7 Å². The number of thiophene rings is 1. The van der Waals surface area contributed by atoms with Crippen LogP contribution >= 0.6 is 11.3 Å². The van der Waals surface area contributed by atoms with Crippen LogP contribution in [0.25, 0.3) is 10.1 Å². The van der Waals surface area contributed by atoms with Crippen molar-refractivity contribution < 1.29 is 28.2 Å². The van der Waals surface area contributed by atoms with Crippen LogP contribution in [-0.2, 0) is 20.9 Å². The number of rotatable bonds is 7. The van der Waals surface area contributed by atoms with E-state index in [9.17, 15) is 14.0 Å². The van der Waals surface area contributed by atoms with Crippen molar-refractivity contribution in [1.82, 2.24) is 0 Å². The molecule has 0 fully saturated rings. The summed E-state index contributed by atoms with van der Waals surface area (Å²) < 4.78 is 30.8. The number of hydrogen-bond donors (Lipinski definition) is 0. The zero-order chi connectivity index (χ0) is 21.0. The van der Waals surface area contributed by atoms with Crippen molar-refractivity contribution in [2.45, 2.75) is 27.4 Å². The summed E-state index contributed by atoms with van der Waals surface area (Å²) in [6.07, 6.45) is 0. The first-order valence-corrected chi connectivity index (χ1v) is 9.95. The molecule has 0 saturated carbocycles. The fraction of sp³-hybridized carbons (Fsp3) is 0.273. The van der Waals surface area contributed by atoms with Crippen molar-refractivity contribution in [3.63, 3.8) is 0 Å². The number of hydrogen-bond acceptors (Lipinski definition) is 6. The lowest BCUT2D eigenvalue weighted by atomic mass is 10.1. The maximum Gasteiger partial charge on any atom is 0.348 e. The van der Waals surface area contributed by atoms with Crippen molar-refractivity contribution >= 4 is 33.4 Å². The molecule has 5 nitrogen and oxygen atoms in total. The molecule has 0 unspecified atom stereocenters. The molecule has 7 heteroatoms. The predicted octanol–water partition coefficient (Wildman–Crippen LogP) is 4.96. The number of carbonyl (C=O) groups is 2. The molecule has 0 aliphatic carbocycles. The summed E-state index contributed by atoms with van der Waals surface area (Å²) in [6.45, 7) is 5.21. The van der Waals surface area contributed by atoms with Gasteiger partial charge in [-0.1, -0.05) is 18.2 Å². The van der Waals surface area contributed by atoms with E-state index in [1.165, 1.54) is 6.07 Å². The molecule has 0 aliphatic heterocycles. The van der Waals surface area contributed by atoms with Crippen molar-refractivity contribution in [2.24, 2.45) is 0 Å². The summed E-state index contributed by atoms with van der Waals surface area (Å²) in [5.74, 6) is -1.06. The highest BCUT2D eigenvalue weighted by Crippen LogP contribution is 2.34. The fourth-order valence-corrected chi connectivity index (χ4v) is 3.99. The van der Waals surface area contributed by atoms with Crippen molar-refractivity contribution in [3.8, 4) is 5.75 Å². The molecule has 0 aliphatic rings. The molecule has 3 rings (SSSR count). The van der Waals surface area contributed by atoms with E-state index in [1.807, 2.05) is 26.0 Å². The molecule has 0 amide bonds. The van der Waals surface area contributed by atoms with E-state index in [-0.39, 0.29) is 30.1 Å². The molecule has 1 heterocycles. The highest BCUT2D eigenvalue weighted by atomic mass is 32.1. The quantitative estimate of drug-likeness (QED) is 0.510. The van der Waals surface area contributed by atoms with Gasteiger partial charge in [-0.2, -0.15) is 0 Å². The molecule has 0 saturated heterocycles. The number of esters is 2. The van der Waals surface area contributed by atoms with Gasteiger partial charge in [-0.25, -0.2) is 14.0 Å². The molecule has 0 radical (unpaired) electrons. The second-order valence-corrected chi connectivity index (χ2v) is 7.44.